The summed E-state index contributed by atoms with van der Waals surface area (Å²) in [5.41, 5.74) is 5.47. The van der Waals surface area contributed by atoms with E-state index in [-0.39, 0.29) is 18.0 Å². The van der Waals surface area contributed by atoms with Crippen molar-refractivity contribution in [3.05, 3.63) is 0 Å². The van der Waals surface area contributed by atoms with E-state index in [1.165, 1.54) is 7.11 Å². The van der Waals surface area contributed by atoms with Gasteiger partial charge in [-0.1, -0.05) is 0 Å². The molecule has 1 saturated heterocycles. The van der Waals surface area contributed by atoms with Crippen molar-refractivity contribution >= 4 is 5.95 Å². The fraction of sp³-hybridized carbons (Fsp3) is 0.667. The first kappa shape index (κ1) is 10.9. The molecule has 2 heterocycles. The second kappa shape index (κ2) is 4.93. The van der Waals surface area contributed by atoms with E-state index in [4.69, 9.17) is 19.9 Å². The van der Waals surface area contributed by atoms with Crippen molar-refractivity contribution in [2.24, 2.45) is 5.92 Å². The summed E-state index contributed by atoms with van der Waals surface area (Å²) in [7, 11) is 1.46. The Morgan fingerprint density at radius 2 is 2.19 bits per heavy atom. The molecule has 2 N–H and O–H groups in total. The van der Waals surface area contributed by atoms with Gasteiger partial charge in [0.1, 0.15) is 0 Å². The highest BCUT2D eigenvalue weighted by Crippen LogP contribution is 2.15. The van der Waals surface area contributed by atoms with Crippen LogP contribution >= 0.6 is 0 Å². The van der Waals surface area contributed by atoms with E-state index in [9.17, 15) is 0 Å². The van der Waals surface area contributed by atoms with Crippen molar-refractivity contribution in [3.63, 3.8) is 0 Å². The Kier molecular flexibility index (Phi) is 3.35. The lowest BCUT2D eigenvalue weighted by atomic mass is 10.1. The maximum Gasteiger partial charge on any atom is 0.324 e. The van der Waals surface area contributed by atoms with Gasteiger partial charge < -0.3 is 19.9 Å². The van der Waals surface area contributed by atoms with Crippen molar-refractivity contribution in [2.45, 2.75) is 6.42 Å². The molecule has 7 heteroatoms. The number of hydrogen-bond donors (Lipinski definition) is 1. The number of ether oxygens (including phenoxy) is 3. The molecule has 16 heavy (non-hydrogen) atoms. The molecule has 1 atom stereocenters. The number of rotatable bonds is 4. The van der Waals surface area contributed by atoms with Crippen molar-refractivity contribution in [1.82, 2.24) is 15.0 Å². The minimum Gasteiger partial charge on any atom is -0.467 e. The molecule has 1 aromatic heterocycles. The highest BCUT2D eigenvalue weighted by atomic mass is 16.5. The molecule has 1 unspecified atom stereocenters. The quantitative estimate of drug-likeness (QED) is 0.764. The smallest absolute Gasteiger partial charge is 0.324 e. The van der Waals surface area contributed by atoms with Crippen LogP contribution in [-0.4, -0.2) is 41.9 Å². The lowest BCUT2D eigenvalue weighted by molar-refractivity contribution is 0.163. The van der Waals surface area contributed by atoms with Gasteiger partial charge in [-0.2, -0.15) is 9.97 Å². The topological polar surface area (TPSA) is 92.4 Å². The van der Waals surface area contributed by atoms with E-state index < -0.39 is 0 Å². The van der Waals surface area contributed by atoms with Crippen LogP contribution in [0.4, 0.5) is 5.95 Å². The number of nitrogens with two attached hydrogens (primary N) is 1. The Morgan fingerprint density at radius 1 is 1.38 bits per heavy atom. The van der Waals surface area contributed by atoms with Crippen LogP contribution in [0.3, 0.4) is 0 Å². The third-order valence-corrected chi connectivity index (χ3v) is 2.27. The number of methoxy groups -OCH3 is 1. The molecule has 0 saturated carbocycles. The van der Waals surface area contributed by atoms with Crippen molar-refractivity contribution in [1.29, 1.82) is 0 Å². The molecule has 0 aromatic carbocycles. The second-order valence-corrected chi connectivity index (χ2v) is 3.50. The van der Waals surface area contributed by atoms with Crippen LogP contribution in [0.5, 0.6) is 12.0 Å². The van der Waals surface area contributed by atoms with Gasteiger partial charge in [0.05, 0.1) is 20.3 Å². The number of nitrogen functional groups attached to an aromatic ring is 1. The standard InChI is InChI=1S/C9H14N4O3/c1-14-8-11-7(10)12-9(13-8)16-5-6-2-3-15-4-6/h6H,2-5H2,1H3,(H2,10,11,12,13). The summed E-state index contributed by atoms with van der Waals surface area (Å²) in [6.07, 6.45) is 0.998. The molecular formula is C9H14N4O3. The van der Waals surface area contributed by atoms with Crippen LogP contribution < -0.4 is 15.2 Å². The summed E-state index contributed by atoms with van der Waals surface area (Å²) in [6.45, 7) is 2.03. The molecule has 0 spiro atoms. The average molecular weight is 226 g/mol. The van der Waals surface area contributed by atoms with Crippen molar-refractivity contribution in [2.75, 3.05) is 32.7 Å². The van der Waals surface area contributed by atoms with E-state index in [0.29, 0.717) is 12.5 Å². The fourth-order valence-corrected chi connectivity index (χ4v) is 1.42. The van der Waals surface area contributed by atoms with E-state index in [0.717, 1.165) is 19.6 Å². The van der Waals surface area contributed by atoms with Gasteiger partial charge in [0.2, 0.25) is 5.95 Å². The Labute approximate surface area is 93.0 Å². The Balaban J connectivity index is 1.94. The molecular weight excluding hydrogens is 212 g/mol. The van der Waals surface area contributed by atoms with Crippen LogP contribution in [0, 0.1) is 5.92 Å². The van der Waals surface area contributed by atoms with Crippen LogP contribution in [0.15, 0.2) is 0 Å². The van der Waals surface area contributed by atoms with E-state index in [1.807, 2.05) is 0 Å². The normalized spacial score (nSPS) is 19.7. The molecule has 88 valence electrons. The first-order chi connectivity index (χ1) is 7.78. The highest BCUT2D eigenvalue weighted by molar-refractivity contribution is 5.20. The zero-order valence-electron chi connectivity index (χ0n) is 9.05. The molecule has 0 bridgehead atoms. The zero-order chi connectivity index (χ0) is 11.4. The largest absolute Gasteiger partial charge is 0.467 e. The number of hydrogen-bond acceptors (Lipinski definition) is 7. The SMILES string of the molecule is COc1nc(N)nc(OCC2CCOC2)n1. The van der Waals surface area contributed by atoms with E-state index >= 15 is 0 Å². The summed E-state index contributed by atoms with van der Waals surface area (Å²) in [5, 5.41) is 0. The predicted octanol–water partition coefficient (Wildman–Crippen LogP) is -0.122. The van der Waals surface area contributed by atoms with E-state index in [1.54, 1.807) is 0 Å². The third kappa shape index (κ3) is 2.69. The van der Waals surface area contributed by atoms with Crippen LogP contribution in [0.25, 0.3) is 0 Å². The Hall–Kier alpha value is -1.63. The van der Waals surface area contributed by atoms with Gasteiger partial charge in [0, 0.05) is 12.5 Å². The van der Waals surface area contributed by atoms with E-state index in [2.05, 4.69) is 15.0 Å². The van der Waals surface area contributed by atoms with Gasteiger partial charge in [-0.15, -0.1) is 4.98 Å². The zero-order valence-corrected chi connectivity index (χ0v) is 9.05. The predicted molar refractivity (Wildman–Crippen MR) is 55.2 cm³/mol. The molecule has 1 aromatic rings. The molecule has 1 fully saturated rings. The number of nitrogens with zero attached hydrogens (tertiary/aromatic N) is 3. The average Bonchev–Trinajstić information content (AvgIpc) is 2.78. The lowest BCUT2D eigenvalue weighted by Crippen LogP contribution is -2.14. The molecule has 0 radical (unpaired) electrons. The van der Waals surface area contributed by atoms with Gasteiger partial charge in [-0.25, -0.2) is 0 Å². The summed E-state index contributed by atoms with van der Waals surface area (Å²) in [5.74, 6) is 0.480. The number of anilines is 1. The maximum absolute atomic E-state index is 5.47. The van der Waals surface area contributed by atoms with Crippen LogP contribution in [-0.2, 0) is 4.74 Å². The van der Waals surface area contributed by atoms with Gasteiger partial charge >= 0.3 is 12.0 Å². The summed E-state index contributed by atoms with van der Waals surface area (Å²) < 4.78 is 15.5. The Bertz CT molecular complexity index is 355. The van der Waals surface area contributed by atoms with Gasteiger partial charge in [-0.05, 0) is 6.42 Å². The van der Waals surface area contributed by atoms with Crippen LogP contribution in [0.1, 0.15) is 6.42 Å². The Morgan fingerprint density at radius 3 is 2.88 bits per heavy atom. The lowest BCUT2D eigenvalue weighted by Gasteiger charge is -2.09. The molecule has 2 rings (SSSR count). The summed E-state index contributed by atoms with van der Waals surface area (Å²) in [4.78, 5) is 11.5. The van der Waals surface area contributed by atoms with Gasteiger partial charge in [0.15, 0.2) is 0 Å². The minimum absolute atomic E-state index is 0.0875. The molecule has 1 aliphatic heterocycles. The van der Waals surface area contributed by atoms with Crippen molar-refractivity contribution in [3.8, 4) is 12.0 Å². The maximum atomic E-state index is 5.47. The first-order valence-corrected chi connectivity index (χ1v) is 5.04. The fourth-order valence-electron chi connectivity index (χ4n) is 1.42. The minimum atomic E-state index is 0.0875. The molecule has 0 amide bonds. The molecule has 7 nitrogen and oxygen atoms in total. The summed E-state index contributed by atoms with van der Waals surface area (Å²) in [6, 6.07) is 0.349. The highest BCUT2D eigenvalue weighted by Gasteiger charge is 2.17. The van der Waals surface area contributed by atoms with Crippen molar-refractivity contribution < 1.29 is 14.2 Å². The third-order valence-electron chi connectivity index (χ3n) is 2.27. The summed E-state index contributed by atoms with van der Waals surface area (Å²) >= 11 is 0. The molecule has 1 aliphatic rings. The van der Waals surface area contributed by atoms with Gasteiger partial charge in [-0.3, -0.25) is 0 Å². The second-order valence-electron chi connectivity index (χ2n) is 3.50. The first-order valence-electron chi connectivity index (χ1n) is 5.04. The van der Waals surface area contributed by atoms with Crippen LogP contribution in [0.2, 0.25) is 0 Å². The molecule has 0 aliphatic carbocycles. The number of aromatic nitrogens is 3. The monoisotopic (exact) mass is 226 g/mol. The van der Waals surface area contributed by atoms with Gasteiger partial charge in [0.25, 0.3) is 0 Å².